The number of nitrogen functional groups attached to an aromatic ring is 1. The van der Waals surface area contributed by atoms with E-state index in [1.807, 2.05) is 48.5 Å². The van der Waals surface area contributed by atoms with Gasteiger partial charge >= 0.3 is 0 Å². The smallest absolute Gasteiger partial charge is 0.143 e. The van der Waals surface area contributed by atoms with Crippen molar-refractivity contribution in [2.45, 2.75) is 6.54 Å². The highest BCUT2D eigenvalue weighted by atomic mass is 35.5. The van der Waals surface area contributed by atoms with Crippen LogP contribution in [0.15, 0.2) is 55.1 Å². The predicted molar refractivity (Wildman–Crippen MR) is 84.8 cm³/mol. The van der Waals surface area contributed by atoms with E-state index >= 15 is 0 Å². The molecule has 0 saturated carbocycles. The molecule has 1 aromatic heterocycles. The predicted octanol–water partition coefficient (Wildman–Crippen LogP) is 4.12. The molecule has 0 fully saturated rings. The lowest BCUT2D eigenvalue weighted by molar-refractivity contribution is 0.862. The van der Waals surface area contributed by atoms with Crippen LogP contribution in [-0.2, 0) is 6.54 Å². The fourth-order valence-electron chi connectivity index (χ4n) is 2.33. The fraction of sp³-hybridized carbons (Fsp3) is 0.0625. The molecule has 0 atom stereocenters. The van der Waals surface area contributed by atoms with Gasteiger partial charge in [0.2, 0.25) is 0 Å². The molecule has 0 aliphatic heterocycles. The highest BCUT2D eigenvalue weighted by Gasteiger charge is 2.15. The molecule has 0 radical (unpaired) electrons. The first-order valence-corrected chi connectivity index (χ1v) is 6.70. The lowest BCUT2D eigenvalue weighted by Gasteiger charge is -2.07. The Balaban J connectivity index is 2.35. The van der Waals surface area contributed by atoms with E-state index in [9.17, 15) is 0 Å². The van der Waals surface area contributed by atoms with Crippen LogP contribution in [0, 0.1) is 0 Å². The van der Waals surface area contributed by atoms with E-state index in [-0.39, 0.29) is 0 Å². The molecular formula is C16H14ClN3. The van der Waals surface area contributed by atoms with Gasteiger partial charge in [-0.15, -0.1) is 6.58 Å². The summed E-state index contributed by atoms with van der Waals surface area (Å²) >= 11 is 6.29. The van der Waals surface area contributed by atoms with Crippen LogP contribution in [0.1, 0.15) is 0 Å². The molecule has 0 aliphatic carbocycles. The van der Waals surface area contributed by atoms with Gasteiger partial charge < -0.3 is 10.3 Å². The maximum absolute atomic E-state index is 6.29. The Morgan fingerprint density at radius 3 is 2.75 bits per heavy atom. The molecule has 3 rings (SSSR count). The van der Waals surface area contributed by atoms with Crippen molar-refractivity contribution in [3.63, 3.8) is 0 Å². The Kier molecular flexibility index (Phi) is 3.20. The number of anilines is 1. The highest BCUT2D eigenvalue weighted by molar-refractivity contribution is 6.33. The average molecular weight is 284 g/mol. The fourth-order valence-corrected chi connectivity index (χ4v) is 2.55. The van der Waals surface area contributed by atoms with Crippen molar-refractivity contribution in [1.82, 2.24) is 9.55 Å². The van der Waals surface area contributed by atoms with Crippen molar-refractivity contribution in [2.75, 3.05) is 5.73 Å². The maximum Gasteiger partial charge on any atom is 0.143 e. The van der Waals surface area contributed by atoms with E-state index in [4.69, 9.17) is 17.3 Å². The maximum atomic E-state index is 6.29. The van der Waals surface area contributed by atoms with E-state index in [0.717, 1.165) is 22.4 Å². The summed E-state index contributed by atoms with van der Waals surface area (Å²) in [5.41, 5.74) is 9.36. The summed E-state index contributed by atoms with van der Waals surface area (Å²) in [6.45, 7) is 4.46. The van der Waals surface area contributed by atoms with Gasteiger partial charge in [-0.1, -0.05) is 35.9 Å². The lowest BCUT2D eigenvalue weighted by Crippen LogP contribution is -1.98. The zero-order chi connectivity index (χ0) is 14.1. The number of fused-ring (bicyclic) bond motifs is 1. The van der Waals surface area contributed by atoms with Gasteiger partial charge in [0.1, 0.15) is 11.3 Å². The molecule has 4 heteroatoms. The second-order valence-corrected chi connectivity index (χ2v) is 4.94. The van der Waals surface area contributed by atoms with E-state index in [0.29, 0.717) is 17.3 Å². The topological polar surface area (TPSA) is 43.8 Å². The first-order valence-electron chi connectivity index (χ1n) is 6.33. The third-order valence-corrected chi connectivity index (χ3v) is 3.57. The number of imidazole rings is 1. The number of hydrogen-bond donors (Lipinski definition) is 1. The zero-order valence-electron chi connectivity index (χ0n) is 10.9. The molecule has 2 N–H and O–H groups in total. The van der Waals surface area contributed by atoms with E-state index in [1.54, 1.807) is 0 Å². The minimum atomic E-state index is 0.653. The summed E-state index contributed by atoms with van der Waals surface area (Å²) in [6, 6.07) is 13.4. The third-order valence-electron chi connectivity index (χ3n) is 3.24. The number of allylic oxidation sites excluding steroid dienone is 1. The van der Waals surface area contributed by atoms with Crippen LogP contribution in [0.2, 0.25) is 5.02 Å². The Morgan fingerprint density at radius 2 is 2.00 bits per heavy atom. The summed E-state index contributed by atoms with van der Waals surface area (Å²) in [6.07, 6.45) is 1.84. The van der Waals surface area contributed by atoms with Crippen LogP contribution in [0.5, 0.6) is 0 Å². The van der Waals surface area contributed by atoms with Crippen molar-refractivity contribution in [3.8, 4) is 11.4 Å². The lowest BCUT2D eigenvalue weighted by atomic mass is 10.2. The van der Waals surface area contributed by atoms with E-state index in [2.05, 4.69) is 16.1 Å². The summed E-state index contributed by atoms with van der Waals surface area (Å²) in [5, 5.41) is 0.673. The number of rotatable bonds is 3. The number of nitrogens with two attached hydrogens (primary N) is 1. The Bertz CT molecular complexity index is 790. The van der Waals surface area contributed by atoms with Gasteiger partial charge in [0, 0.05) is 12.1 Å². The minimum absolute atomic E-state index is 0.653. The summed E-state index contributed by atoms with van der Waals surface area (Å²) in [4.78, 5) is 4.67. The van der Waals surface area contributed by atoms with Crippen molar-refractivity contribution < 1.29 is 0 Å². The molecule has 3 nitrogen and oxygen atoms in total. The number of nitrogens with zero attached hydrogens (tertiary/aromatic N) is 2. The highest BCUT2D eigenvalue weighted by Crippen LogP contribution is 2.31. The molecule has 0 bridgehead atoms. The summed E-state index contributed by atoms with van der Waals surface area (Å²) in [5.74, 6) is 0.809. The molecule has 2 aromatic carbocycles. The quantitative estimate of drug-likeness (QED) is 0.580. The van der Waals surface area contributed by atoms with Gasteiger partial charge in [-0.25, -0.2) is 4.98 Å². The van der Waals surface area contributed by atoms with Crippen molar-refractivity contribution in [3.05, 3.63) is 60.1 Å². The minimum Gasteiger partial charge on any atom is -0.397 e. The zero-order valence-corrected chi connectivity index (χ0v) is 11.6. The Labute approximate surface area is 122 Å². The molecular weight excluding hydrogens is 270 g/mol. The van der Waals surface area contributed by atoms with Crippen LogP contribution in [0.25, 0.3) is 22.4 Å². The molecule has 1 heterocycles. The Hall–Kier alpha value is -2.26. The van der Waals surface area contributed by atoms with Crippen LogP contribution < -0.4 is 5.73 Å². The molecule has 0 amide bonds. The molecule has 0 spiro atoms. The summed E-state index contributed by atoms with van der Waals surface area (Å²) in [7, 11) is 0. The first kappa shape index (κ1) is 12.8. The van der Waals surface area contributed by atoms with Gasteiger partial charge in [-0.3, -0.25) is 0 Å². The van der Waals surface area contributed by atoms with Gasteiger partial charge in [-0.2, -0.15) is 0 Å². The van der Waals surface area contributed by atoms with Crippen LogP contribution in [0.4, 0.5) is 5.69 Å². The van der Waals surface area contributed by atoms with E-state index < -0.39 is 0 Å². The number of benzene rings is 2. The second kappa shape index (κ2) is 5.02. The van der Waals surface area contributed by atoms with Gasteiger partial charge in [-0.05, 0) is 24.3 Å². The molecule has 0 unspecified atom stereocenters. The van der Waals surface area contributed by atoms with Crippen LogP contribution >= 0.6 is 11.6 Å². The number of para-hydroxylation sites is 1. The summed E-state index contributed by atoms with van der Waals surface area (Å²) < 4.78 is 2.07. The van der Waals surface area contributed by atoms with Gasteiger partial charge in [0.15, 0.2) is 0 Å². The van der Waals surface area contributed by atoms with Crippen LogP contribution in [0.3, 0.4) is 0 Å². The largest absolute Gasteiger partial charge is 0.397 e. The number of hydrogen-bond acceptors (Lipinski definition) is 2. The third kappa shape index (κ3) is 1.96. The number of halogens is 1. The second-order valence-electron chi connectivity index (χ2n) is 4.53. The number of aromatic nitrogens is 2. The van der Waals surface area contributed by atoms with Crippen molar-refractivity contribution in [2.24, 2.45) is 0 Å². The molecule has 3 aromatic rings. The molecule has 20 heavy (non-hydrogen) atoms. The van der Waals surface area contributed by atoms with Crippen LogP contribution in [-0.4, -0.2) is 9.55 Å². The normalized spacial score (nSPS) is 10.8. The monoisotopic (exact) mass is 283 g/mol. The van der Waals surface area contributed by atoms with Crippen molar-refractivity contribution in [1.29, 1.82) is 0 Å². The molecule has 0 saturated heterocycles. The average Bonchev–Trinajstić information content (AvgIpc) is 2.80. The van der Waals surface area contributed by atoms with E-state index in [1.165, 1.54) is 0 Å². The van der Waals surface area contributed by atoms with Crippen molar-refractivity contribution >= 4 is 28.3 Å². The first-order chi connectivity index (χ1) is 9.72. The molecule has 100 valence electrons. The Morgan fingerprint density at radius 1 is 1.20 bits per heavy atom. The standard InChI is InChI=1S/C16H14ClN3/c1-2-10-20-14-9-5-8-13(18)15(14)19-16(20)11-6-3-4-7-12(11)17/h2-9H,1,10,18H2. The van der Waals surface area contributed by atoms with Gasteiger partial charge in [0.25, 0.3) is 0 Å². The molecule has 0 aliphatic rings. The SMILES string of the molecule is C=CCn1c(-c2ccccc2Cl)nc2c(N)cccc21. The van der Waals surface area contributed by atoms with Gasteiger partial charge in [0.05, 0.1) is 16.2 Å².